The minimum Gasteiger partial charge on any atom is -0.318 e. The third-order valence-corrected chi connectivity index (χ3v) is 3.52. The zero-order valence-electron chi connectivity index (χ0n) is 11.4. The summed E-state index contributed by atoms with van der Waals surface area (Å²) in [5.41, 5.74) is 0.379. The van der Waals surface area contributed by atoms with Crippen LogP contribution in [0.4, 0.5) is 10.1 Å². The molecule has 1 unspecified atom stereocenters. The topological polar surface area (TPSA) is 35.6 Å². The first-order valence-corrected chi connectivity index (χ1v) is 6.56. The van der Waals surface area contributed by atoms with E-state index in [9.17, 15) is 9.18 Å². The Hall–Kier alpha value is -1.46. The Labute approximate surface area is 113 Å². The van der Waals surface area contributed by atoms with E-state index in [0.717, 1.165) is 13.0 Å². The minimum atomic E-state index is -0.344. The Morgan fingerprint density at radius 1 is 1.37 bits per heavy atom. The number of carbonyl (C=O) groups excluding carboxylic acids is 1. The Kier molecular flexibility index (Phi) is 4.50. The van der Waals surface area contributed by atoms with Crippen molar-refractivity contribution in [3.05, 3.63) is 30.1 Å². The van der Waals surface area contributed by atoms with Gasteiger partial charge in [-0.1, -0.05) is 12.1 Å². The van der Waals surface area contributed by atoms with Crippen LogP contribution in [-0.2, 0) is 4.79 Å². The van der Waals surface area contributed by atoms with Crippen molar-refractivity contribution in [2.24, 2.45) is 0 Å². The monoisotopic (exact) mass is 265 g/mol. The lowest BCUT2D eigenvalue weighted by Gasteiger charge is -2.28. The van der Waals surface area contributed by atoms with Crippen molar-refractivity contribution in [2.75, 3.05) is 38.6 Å². The molecule has 1 aromatic carbocycles. The van der Waals surface area contributed by atoms with E-state index in [1.165, 1.54) is 6.07 Å². The molecule has 5 heteroatoms. The molecule has 1 fully saturated rings. The molecule has 0 bridgehead atoms. The summed E-state index contributed by atoms with van der Waals surface area (Å²) in [4.78, 5) is 16.2. The molecule has 1 saturated heterocycles. The zero-order chi connectivity index (χ0) is 13.8. The van der Waals surface area contributed by atoms with Gasteiger partial charge < -0.3 is 10.2 Å². The van der Waals surface area contributed by atoms with Crippen molar-refractivity contribution in [1.82, 2.24) is 10.2 Å². The van der Waals surface area contributed by atoms with Crippen LogP contribution >= 0.6 is 0 Å². The molecule has 4 nitrogen and oxygen atoms in total. The molecule has 104 valence electrons. The van der Waals surface area contributed by atoms with Gasteiger partial charge in [0.25, 0.3) is 0 Å². The molecule has 0 aliphatic carbocycles. The van der Waals surface area contributed by atoms with Crippen LogP contribution in [-0.4, -0.2) is 50.6 Å². The molecule has 0 radical (unpaired) electrons. The maximum atomic E-state index is 13.9. The van der Waals surface area contributed by atoms with Crippen molar-refractivity contribution >= 4 is 11.6 Å². The number of carbonyl (C=O) groups is 1. The van der Waals surface area contributed by atoms with Crippen LogP contribution in [0.2, 0.25) is 0 Å². The Morgan fingerprint density at radius 3 is 2.79 bits per heavy atom. The summed E-state index contributed by atoms with van der Waals surface area (Å²) in [6.45, 7) is 1.97. The van der Waals surface area contributed by atoms with Crippen molar-refractivity contribution in [3.63, 3.8) is 0 Å². The lowest BCUT2D eigenvalue weighted by Crippen LogP contribution is -2.49. The summed E-state index contributed by atoms with van der Waals surface area (Å²) in [7, 11) is 3.75. The molecule has 1 heterocycles. The SMILES string of the molecule is CNCC1C(=O)N(c2ccccc2F)CCCN1C. The molecule has 0 saturated carbocycles. The van der Waals surface area contributed by atoms with E-state index in [0.29, 0.717) is 18.8 Å². The standard InChI is InChI=1S/C14H20FN3O/c1-16-10-13-14(19)18(9-5-8-17(13)2)12-7-4-3-6-11(12)15/h3-4,6-7,13,16H,5,8-10H2,1-2H3. The fourth-order valence-corrected chi connectivity index (χ4v) is 2.46. The van der Waals surface area contributed by atoms with E-state index in [1.54, 1.807) is 23.1 Å². The maximum absolute atomic E-state index is 13.9. The van der Waals surface area contributed by atoms with Gasteiger partial charge in [-0.2, -0.15) is 0 Å². The van der Waals surface area contributed by atoms with Crippen LogP contribution in [0.5, 0.6) is 0 Å². The number of nitrogens with zero attached hydrogens (tertiary/aromatic N) is 2. The number of nitrogens with one attached hydrogen (secondary N) is 1. The second-order valence-electron chi connectivity index (χ2n) is 4.85. The van der Waals surface area contributed by atoms with Crippen molar-refractivity contribution < 1.29 is 9.18 Å². The first-order chi connectivity index (χ1) is 9.15. The van der Waals surface area contributed by atoms with Crippen molar-refractivity contribution in [2.45, 2.75) is 12.5 Å². The molecule has 0 aromatic heterocycles. The molecule has 1 aromatic rings. The minimum absolute atomic E-state index is 0.0422. The predicted molar refractivity (Wildman–Crippen MR) is 73.7 cm³/mol. The summed E-state index contributed by atoms with van der Waals surface area (Å²) in [5, 5.41) is 3.03. The fraction of sp³-hybridized carbons (Fsp3) is 0.500. The Balaban J connectivity index is 2.30. The van der Waals surface area contributed by atoms with E-state index in [2.05, 4.69) is 5.32 Å². The summed E-state index contributed by atoms with van der Waals surface area (Å²) in [6.07, 6.45) is 0.844. The highest BCUT2D eigenvalue weighted by Crippen LogP contribution is 2.22. The molecule has 1 amide bonds. The highest BCUT2D eigenvalue weighted by Gasteiger charge is 2.31. The van der Waals surface area contributed by atoms with Crippen LogP contribution < -0.4 is 10.2 Å². The number of benzene rings is 1. The van der Waals surface area contributed by atoms with Crippen molar-refractivity contribution in [3.8, 4) is 0 Å². The molecule has 1 aliphatic rings. The van der Waals surface area contributed by atoms with Crippen molar-refractivity contribution in [1.29, 1.82) is 0 Å². The fourth-order valence-electron chi connectivity index (χ4n) is 2.46. The third kappa shape index (κ3) is 2.93. The highest BCUT2D eigenvalue weighted by atomic mass is 19.1. The van der Waals surface area contributed by atoms with Gasteiger partial charge in [0.2, 0.25) is 5.91 Å². The van der Waals surface area contributed by atoms with Gasteiger partial charge in [-0.25, -0.2) is 4.39 Å². The number of likely N-dealkylation sites (N-methyl/N-ethyl adjacent to an activating group) is 2. The molecule has 0 spiro atoms. The van der Waals surface area contributed by atoms with Gasteiger partial charge in [0.05, 0.1) is 5.69 Å². The number of rotatable bonds is 3. The van der Waals surface area contributed by atoms with E-state index in [4.69, 9.17) is 0 Å². The van der Waals surface area contributed by atoms with E-state index in [1.807, 2.05) is 19.0 Å². The summed E-state index contributed by atoms with van der Waals surface area (Å²) < 4.78 is 13.9. The molecular formula is C14H20FN3O. The number of halogens is 1. The van der Waals surface area contributed by atoms with Gasteiger partial charge in [-0.3, -0.25) is 9.69 Å². The summed E-state index contributed by atoms with van der Waals surface area (Å²) >= 11 is 0. The third-order valence-electron chi connectivity index (χ3n) is 3.52. The molecule has 1 atom stereocenters. The van der Waals surface area contributed by atoms with Crippen LogP contribution in [0.1, 0.15) is 6.42 Å². The average Bonchev–Trinajstić information content (AvgIpc) is 2.53. The number of para-hydroxylation sites is 1. The second-order valence-corrected chi connectivity index (χ2v) is 4.85. The van der Waals surface area contributed by atoms with E-state index >= 15 is 0 Å². The Morgan fingerprint density at radius 2 is 2.11 bits per heavy atom. The lowest BCUT2D eigenvalue weighted by atomic mass is 10.2. The van der Waals surface area contributed by atoms with Gasteiger partial charge in [-0.15, -0.1) is 0 Å². The van der Waals surface area contributed by atoms with Gasteiger partial charge >= 0.3 is 0 Å². The summed E-state index contributed by atoms with van der Waals surface area (Å²) in [5.74, 6) is -0.386. The largest absolute Gasteiger partial charge is 0.318 e. The predicted octanol–water partition coefficient (Wildman–Crippen LogP) is 1.08. The molecule has 1 aliphatic heterocycles. The van der Waals surface area contributed by atoms with Gasteiger partial charge in [0.15, 0.2) is 0 Å². The average molecular weight is 265 g/mol. The first-order valence-electron chi connectivity index (χ1n) is 6.56. The van der Waals surface area contributed by atoms with Crippen LogP contribution in [0.15, 0.2) is 24.3 Å². The summed E-state index contributed by atoms with van der Waals surface area (Å²) in [6, 6.07) is 6.21. The number of hydrogen-bond acceptors (Lipinski definition) is 3. The lowest BCUT2D eigenvalue weighted by molar-refractivity contribution is -0.122. The highest BCUT2D eigenvalue weighted by molar-refractivity contribution is 5.97. The first kappa shape index (κ1) is 14.0. The molecule has 19 heavy (non-hydrogen) atoms. The molecular weight excluding hydrogens is 245 g/mol. The molecule has 1 N–H and O–H groups in total. The quantitative estimate of drug-likeness (QED) is 0.888. The number of amides is 1. The van der Waals surface area contributed by atoms with Gasteiger partial charge in [-0.05, 0) is 32.6 Å². The van der Waals surface area contributed by atoms with E-state index in [-0.39, 0.29) is 17.8 Å². The maximum Gasteiger partial charge on any atom is 0.245 e. The van der Waals surface area contributed by atoms with Gasteiger partial charge in [0, 0.05) is 19.6 Å². The second kappa shape index (κ2) is 6.12. The number of anilines is 1. The van der Waals surface area contributed by atoms with Crippen LogP contribution in [0.25, 0.3) is 0 Å². The zero-order valence-corrected chi connectivity index (χ0v) is 11.4. The number of hydrogen-bond donors (Lipinski definition) is 1. The van der Waals surface area contributed by atoms with Gasteiger partial charge in [0.1, 0.15) is 11.9 Å². The smallest absolute Gasteiger partial charge is 0.245 e. The van der Waals surface area contributed by atoms with Crippen LogP contribution in [0.3, 0.4) is 0 Å². The normalized spacial score (nSPS) is 21.5. The Bertz CT molecular complexity index is 452. The molecule has 2 rings (SSSR count). The van der Waals surface area contributed by atoms with Crippen LogP contribution in [0, 0.1) is 5.82 Å². The van der Waals surface area contributed by atoms with E-state index < -0.39 is 0 Å².